The fourth-order valence-electron chi connectivity index (χ4n) is 5.21. The van der Waals surface area contributed by atoms with E-state index in [2.05, 4.69) is 26.1 Å². The summed E-state index contributed by atoms with van der Waals surface area (Å²) in [6.45, 7) is 3.95. The van der Waals surface area contributed by atoms with Gasteiger partial charge in [-0.3, -0.25) is 14.1 Å². The lowest BCUT2D eigenvalue weighted by atomic mass is 10.1. The van der Waals surface area contributed by atoms with Crippen LogP contribution in [0.5, 0.6) is 0 Å². The maximum absolute atomic E-state index is 13.9. The molecule has 1 saturated heterocycles. The summed E-state index contributed by atoms with van der Waals surface area (Å²) in [7, 11) is 0. The van der Waals surface area contributed by atoms with Gasteiger partial charge in [0.1, 0.15) is 17.9 Å². The van der Waals surface area contributed by atoms with Crippen molar-refractivity contribution in [3.63, 3.8) is 0 Å². The zero-order valence-electron chi connectivity index (χ0n) is 19.1. The van der Waals surface area contributed by atoms with Crippen molar-refractivity contribution in [2.24, 2.45) is 0 Å². The van der Waals surface area contributed by atoms with Crippen molar-refractivity contribution in [3.8, 4) is 17.7 Å². The molecule has 0 amide bonds. The van der Waals surface area contributed by atoms with E-state index in [0.29, 0.717) is 59.4 Å². The van der Waals surface area contributed by atoms with Crippen molar-refractivity contribution in [2.75, 3.05) is 32.8 Å². The van der Waals surface area contributed by atoms with E-state index in [9.17, 15) is 10.1 Å². The number of hydrogen-bond acceptors (Lipinski definition) is 8. The number of rotatable bonds is 5. The summed E-state index contributed by atoms with van der Waals surface area (Å²) in [6.07, 6.45) is 5.96. The van der Waals surface area contributed by atoms with Crippen LogP contribution in [0.2, 0.25) is 5.02 Å². The summed E-state index contributed by atoms with van der Waals surface area (Å²) in [5.41, 5.74) is 1.83. The lowest BCUT2D eigenvalue weighted by Gasteiger charge is -2.27. The number of aromatic nitrogens is 5. The van der Waals surface area contributed by atoms with Crippen LogP contribution < -0.4 is 5.56 Å². The molecule has 4 aromatic rings. The van der Waals surface area contributed by atoms with Gasteiger partial charge in [-0.2, -0.15) is 10.2 Å². The van der Waals surface area contributed by atoms with Crippen molar-refractivity contribution in [3.05, 3.63) is 45.2 Å². The minimum Gasteiger partial charge on any atom is -0.379 e. The van der Waals surface area contributed by atoms with Crippen LogP contribution in [0.4, 0.5) is 0 Å². The van der Waals surface area contributed by atoms with E-state index >= 15 is 0 Å². The van der Waals surface area contributed by atoms with Crippen molar-refractivity contribution >= 4 is 28.2 Å². The zero-order valence-corrected chi connectivity index (χ0v) is 19.9. The Morgan fingerprint density at radius 1 is 1.14 bits per heavy atom. The third kappa shape index (κ3) is 3.80. The quantitative estimate of drug-likeness (QED) is 0.416. The molecule has 1 saturated carbocycles. The first kappa shape index (κ1) is 22.2. The smallest absolute Gasteiger partial charge is 0.278 e. The summed E-state index contributed by atoms with van der Waals surface area (Å²) in [4.78, 5) is 25.3. The van der Waals surface area contributed by atoms with E-state index in [-0.39, 0.29) is 22.9 Å². The van der Waals surface area contributed by atoms with Crippen molar-refractivity contribution in [1.82, 2.24) is 29.0 Å². The van der Waals surface area contributed by atoms with Crippen LogP contribution in [0.15, 0.2) is 27.8 Å². The lowest BCUT2D eigenvalue weighted by Crippen LogP contribution is -2.39. The Bertz CT molecular complexity index is 1500. The normalized spacial score (nSPS) is 17.5. The highest BCUT2D eigenvalue weighted by molar-refractivity contribution is 6.32. The van der Waals surface area contributed by atoms with Crippen LogP contribution in [0.25, 0.3) is 28.1 Å². The molecule has 10 nitrogen and oxygen atoms in total. The average molecular weight is 494 g/mol. The molecule has 180 valence electrons. The highest BCUT2D eigenvalue weighted by Gasteiger charge is 2.26. The average Bonchev–Trinajstić information content (AvgIpc) is 3.65. The van der Waals surface area contributed by atoms with E-state index in [1.54, 1.807) is 27.4 Å². The number of nitrogens with zero attached hydrogens (tertiary/aromatic N) is 7. The van der Waals surface area contributed by atoms with E-state index in [0.717, 1.165) is 38.8 Å². The van der Waals surface area contributed by atoms with Crippen LogP contribution in [0, 0.1) is 11.3 Å². The fourth-order valence-corrected chi connectivity index (χ4v) is 5.41. The molecule has 0 N–H and O–H groups in total. The number of hydrogen-bond donors (Lipinski definition) is 0. The second kappa shape index (κ2) is 9.07. The number of nitriles is 1. The molecule has 0 atom stereocenters. The van der Waals surface area contributed by atoms with Gasteiger partial charge in [0, 0.05) is 32.1 Å². The van der Waals surface area contributed by atoms with Gasteiger partial charge in [-0.1, -0.05) is 29.6 Å². The molecule has 0 bridgehead atoms. The third-order valence-electron chi connectivity index (χ3n) is 7.07. The molecule has 35 heavy (non-hydrogen) atoms. The highest BCUT2D eigenvalue weighted by Crippen LogP contribution is 2.34. The second-order valence-electron chi connectivity index (χ2n) is 9.06. The molecule has 11 heteroatoms. The molecular formula is C24H24ClN7O3. The number of morpholine rings is 1. The first-order valence-electron chi connectivity index (χ1n) is 11.9. The van der Waals surface area contributed by atoms with E-state index < -0.39 is 0 Å². The van der Waals surface area contributed by atoms with Crippen LogP contribution in [-0.4, -0.2) is 61.8 Å². The second-order valence-corrected chi connectivity index (χ2v) is 9.47. The minimum atomic E-state index is -0.280. The lowest BCUT2D eigenvalue weighted by molar-refractivity contribution is 0.0364. The van der Waals surface area contributed by atoms with Crippen molar-refractivity contribution in [2.45, 2.75) is 38.1 Å². The van der Waals surface area contributed by atoms with Crippen LogP contribution in [0.1, 0.15) is 43.0 Å². The molecule has 1 aliphatic heterocycles. The number of benzene rings is 1. The predicted molar refractivity (Wildman–Crippen MR) is 128 cm³/mol. The molecule has 2 aliphatic rings. The SMILES string of the molecule is N#Cc1c(Cl)ccc2c1n(CCN1CCOCC1)c(=O)c1c(-c3nc(C4CCCC4)no3)ncn12. The molecule has 6 rings (SSSR count). The summed E-state index contributed by atoms with van der Waals surface area (Å²) >= 11 is 6.37. The molecular weight excluding hydrogens is 470 g/mol. The maximum atomic E-state index is 13.9. The molecule has 1 aromatic carbocycles. The van der Waals surface area contributed by atoms with E-state index in [1.165, 1.54) is 0 Å². The number of fused-ring (bicyclic) bond motifs is 3. The van der Waals surface area contributed by atoms with Gasteiger partial charge in [0.2, 0.25) is 0 Å². The van der Waals surface area contributed by atoms with Crippen molar-refractivity contribution < 1.29 is 9.26 Å². The summed E-state index contributed by atoms with van der Waals surface area (Å²) in [5.74, 6) is 1.19. The first-order valence-corrected chi connectivity index (χ1v) is 12.3. The zero-order chi connectivity index (χ0) is 23.9. The third-order valence-corrected chi connectivity index (χ3v) is 7.39. The van der Waals surface area contributed by atoms with Gasteiger partial charge in [0.15, 0.2) is 11.5 Å². The molecule has 0 spiro atoms. The minimum absolute atomic E-state index is 0.236. The molecule has 2 fully saturated rings. The Labute approximate surface area is 205 Å². The van der Waals surface area contributed by atoms with E-state index in [4.69, 9.17) is 20.9 Å². The van der Waals surface area contributed by atoms with E-state index in [1.807, 2.05) is 0 Å². The van der Waals surface area contributed by atoms with Crippen molar-refractivity contribution in [1.29, 1.82) is 5.26 Å². The Kier molecular flexibility index (Phi) is 5.76. The number of halogens is 1. The Hall–Kier alpha value is -3.26. The monoisotopic (exact) mass is 493 g/mol. The largest absolute Gasteiger partial charge is 0.379 e. The molecule has 3 aromatic heterocycles. The van der Waals surface area contributed by atoms with Crippen LogP contribution in [-0.2, 0) is 11.3 Å². The van der Waals surface area contributed by atoms with Crippen LogP contribution >= 0.6 is 11.6 Å². The van der Waals surface area contributed by atoms with Gasteiger partial charge in [-0.15, -0.1) is 0 Å². The molecule has 4 heterocycles. The van der Waals surface area contributed by atoms with Gasteiger partial charge < -0.3 is 13.8 Å². The predicted octanol–water partition coefficient (Wildman–Crippen LogP) is 3.21. The van der Waals surface area contributed by atoms with Crippen LogP contribution in [0.3, 0.4) is 0 Å². The highest BCUT2D eigenvalue weighted by atomic mass is 35.5. The van der Waals surface area contributed by atoms with Gasteiger partial charge in [0.05, 0.1) is 34.8 Å². The maximum Gasteiger partial charge on any atom is 0.278 e. The molecule has 1 aliphatic carbocycles. The van der Waals surface area contributed by atoms with Gasteiger partial charge >= 0.3 is 0 Å². The summed E-state index contributed by atoms with van der Waals surface area (Å²) < 4.78 is 14.3. The fraction of sp³-hybridized carbons (Fsp3) is 0.458. The Morgan fingerprint density at radius 2 is 1.94 bits per heavy atom. The van der Waals surface area contributed by atoms with Gasteiger partial charge in [-0.25, -0.2) is 4.98 Å². The Morgan fingerprint density at radius 3 is 2.71 bits per heavy atom. The Balaban J connectivity index is 1.52. The summed E-state index contributed by atoms with van der Waals surface area (Å²) in [6, 6.07) is 5.66. The standard InChI is InChI=1S/C24H24ClN7O3/c25-17-5-6-18-20(16(17)13-26)31(8-7-30-9-11-34-12-10-30)24(33)21-19(27-14-32(18)21)23-28-22(29-35-23)15-3-1-2-4-15/h5-6,14-15H,1-4,7-12H2. The number of ether oxygens (including phenoxy) is 1. The van der Waals surface area contributed by atoms with Gasteiger partial charge in [-0.05, 0) is 25.0 Å². The topological polar surface area (TPSA) is 114 Å². The summed E-state index contributed by atoms with van der Waals surface area (Å²) in [5, 5.41) is 14.4. The molecule has 0 unspecified atom stereocenters. The first-order chi connectivity index (χ1) is 17.2. The molecule has 0 radical (unpaired) electrons. The number of imidazole rings is 1. The van der Waals surface area contributed by atoms with Gasteiger partial charge in [0.25, 0.3) is 11.4 Å².